The van der Waals surface area contributed by atoms with Crippen molar-refractivity contribution in [3.8, 4) is 0 Å². The summed E-state index contributed by atoms with van der Waals surface area (Å²) in [4.78, 5) is 1.82. The number of fused-ring (bicyclic) bond motifs is 1. The molecule has 0 unspecified atom stereocenters. The van der Waals surface area contributed by atoms with Crippen LogP contribution in [0.5, 0.6) is 0 Å². The average Bonchev–Trinajstić information content (AvgIpc) is 2.95. The Hall–Kier alpha value is -1.74. The summed E-state index contributed by atoms with van der Waals surface area (Å²) >= 11 is 3.35. The van der Waals surface area contributed by atoms with Crippen molar-refractivity contribution in [3.05, 3.63) is 63.6 Å². The normalized spacial score (nSPS) is 15.3. The molecule has 0 saturated carbocycles. The van der Waals surface area contributed by atoms with Gasteiger partial charge in [0.2, 0.25) is 0 Å². The number of nitrogens with zero attached hydrogens (tertiary/aromatic N) is 1. The third-order valence-corrected chi connectivity index (χ3v) is 4.85. The monoisotopic (exact) mass is 439 g/mol. The minimum atomic E-state index is -5.89. The second kappa shape index (κ2) is 6.16. The van der Waals surface area contributed by atoms with Crippen LogP contribution in [0.15, 0.2) is 46.9 Å². The van der Waals surface area contributed by atoms with Gasteiger partial charge in [0.1, 0.15) is 0 Å². The third kappa shape index (κ3) is 3.07. The molecule has 3 rings (SSSR count). The number of hydrogen-bond donors (Lipinski definition) is 1. The Morgan fingerprint density at radius 1 is 0.808 bits per heavy atom. The van der Waals surface area contributed by atoms with Crippen LogP contribution in [-0.2, 0) is 18.7 Å². The predicted molar refractivity (Wildman–Crippen MR) is 86.5 cm³/mol. The largest absolute Gasteiger partial charge is 0.430 e. The zero-order valence-corrected chi connectivity index (χ0v) is 14.6. The molecule has 9 heteroatoms. The molecule has 26 heavy (non-hydrogen) atoms. The van der Waals surface area contributed by atoms with Crippen molar-refractivity contribution in [1.82, 2.24) is 0 Å². The van der Waals surface area contributed by atoms with Crippen molar-refractivity contribution in [2.45, 2.75) is 31.0 Å². The zero-order valence-electron chi connectivity index (χ0n) is 13.0. The summed E-state index contributed by atoms with van der Waals surface area (Å²) in [6.45, 7) is 0.974. The van der Waals surface area contributed by atoms with Crippen molar-refractivity contribution in [3.63, 3.8) is 0 Å². The first-order valence-electron chi connectivity index (χ1n) is 7.42. The van der Waals surface area contributed by atoms with Gasteiger partial charge in [0, 0.05) is 28.8 Å². The molecule has 0 saturated heterocycles. The molecular weight excluding hydrogens is 428 g/mol. The van der Waals surface area contributed by atoms with E-state index in [-0.39, 0.29) is 0 Å². The summed E-state index contributed by atoms with van der Waals surface area (Å²) in [5, 5.41) is 9.42. The fourth-order valence-electron chi connectivity index (χ4n) is 2.95. The molecule has 2 aromatic rings. The van der Waals surface area contributed by atoms with Crippen molar-refractivity contribution in [2.24, 2.45) is 0 Å². The van der Waals surface area contributed by atoms with Gasteiger partial charge in [-0.1, -0.05) is 34.1 Å². The Kier molecular flexibility index (Phi) is 4.51. The van der Waals surface area contributed by atoms with Gasteiger partial charge in [-0.15, -0.1) is 0 Å². The summed E-state index contributed by atoms with van der Waals surface area (Å²) in [7, 11) is 0. The number of anilines is 1. The maximum atomic E-state index is 12.9. The quantitative estimate of drug-likeness (QED) is 0.643. The van der Waals surface area contributed by atoms with Gasteiger partial charge in [-0.3, -0.25) is 0 Å². The SMILES string of the molecule is OC(c1ccc(N2Cc3ccc(Br)cc3C2)cc1)(C(F)(F)F)C(F)(F)F. The van der Waals surface area contributed by atoms with E-state index < -0.39 is 23.5 Å². The fourth-order valence-corrected chi connectivity index (χ4v) is 3.36. The van der Waals surface area contributed by atoms with E-state index in [0.717, 1.165) is 27.7 Å². The smallest absolute Gasteiger partial charge is 0.369 e. The lowest BCUT2D eigenvalue weighted by molar-refractivity contribution is -0.376. The van der Waals surface area contributed by atoms with E-state index in [4.69, 9.17) is 0 Å². The summed E-state index contributed by atoms with van der Waals surface area (Å²) in [6, 6.07) is 9.30. The number of halogens is 7. The summed E-state index contributed by atoms with van der Waals surface area (Å²) in [5.74, 6) is 0. The molecule has 0 bridgehead atoms. The van der Waals surface area contributed by atoms with E-state index in [1.165, 1.54) is 0 Å². The molecule has 0 aromatic heterocycles. The van der Waals surface area contributed by atoms with E-state index in [1.54, 1.807) is 0 Å². The van der Waals surface area contributed by atoms with Gasteiger partial charge in [0.25, 0.3) is 5.60 Å². The minimum Gasteiger partial charge on any atom is -0.369 e. The Bertz CT molecular complexity index is 801. The summed E-state index contributed by atoms with van der Waals surface area (Å²) < 4.78 is 78.4. The zero-order chi connectivity index (χ0) is 19.3. The molecule has 1 aliphatic heterocycles. The highest BCUT2D eigenvalue weighted by atomic mass is 79.9. The van der Waals surface area contributed by atoms with Crippen LogP contribution < -0.4 is 4.90 Å². The van der Waals surface area contributed by atoms with Crippen LogP contribution in [0.4, 0.5) is 32.0 Å². The van der Waals surface area contributed by atoms with Crippen LogP contribution in [-0.4, -0.2) is 17.5 Å². The molecule has 0 fully saturated rings. The minimum absolute atomic E-state index is 0.466. The van der Waals surface area contributed by atoms with Crippen molar-refractivity contribution >= 4 is 21.6 Å². The molecule has 1 aliphatic rings. The van der Waals surface area contributed by atoms with Crippen LogP contribution in [0.3, 0.4) is 0 Å². The second-order valence-electron chi connectivity index (χ2n) is 6.02. The van der Waals surface area contributed by atoms with Crippen LogP contribution in [0.25, 0.3) is 0 Å². The molecule has 0 amide bonds. The van der Waals surface area contributed by atoms with Crippen molar-refractivity contribution in [1.29, 1.82) is 0 Å². The van der Waals surface area contributed by atoms with Crippen LogP contribution >= 0.6 is 15.9 Å². The number of hydrogen-bond acceptors (Lipinski definition) is 2. The van der Waals surface area contributed by atoms with E-state index in [0.29, 0.717) is 30.9 Å². The fraction of sp³-hybridized carbons (Fsp3) is 0.294. The van der Waals surface area contributed by atoms with Gasteiger partial charge in [-0.05, 0) is 35.4 Å². The molecule has 0 spiro atoms. The first kappa shape index (κ1) is 19.0. The molecule has 140 valence electrons. The molecule has 0 radical (unpaired) electrons. The van der Waals surface area contributed by atoms with Crippen LogP contribution in [0.2, 0.25) is 0 Å². The van der Waals surface area contributed by atoms with Crippen molar-refractivity contribution in [2.75, 3.05) is 4.90 Å². The topological polar surface area (TPSA) is 23.5 Å². The molecule has 0 aliphatic carbocycles. The first-order valence-corrected chi connectivity index (χ1v) is 8.21. The number of benzene rings is 2. The third-order valence-electron chi connectivity index (χ3n) is 4.36. The Morgan fingerprint density at radius 2 is 1.35 bits per heavy atom. The molecule has 1 N–H and O–H groups in total. The first-order chi connectivity index (χ1) is 11.9. The Labute approximate surface area is 153 Å². The highest BCUT2D eigenvalue weighted by Gasteiger charge is 2.71. The maximum absolute atomic E-state index is 12.9. The number of aliphatic hydroxyl groups is 1. The van der Waals surface area contributed by atoms with Gasteiger partial charge in [0.05, 0.1) is 0 Å². The molecule has 1 heterocycles. The lowest BCUT2D eigenvalue weighted by Crippen LogP contribution is -2.53. The molecule has 0 atom stereocenters. The van der Waals surface area contributed by atoms with Gasteiger partial charge in [-0.2, -0.15) is 26.3 Å². The van der Waals surface area contributed by atoms with Gasteiger partial charge in [-0.25, -0.2) is 0 Å². The van der Waals surface area contributed by atoms with E-state index in [1.807, 2.05) is 23.1 Å². The van der Waals surface area contributed by atoms with E-state index in [2.05, 4.69) is 15.9 Å². The highest BCUT2D eigenvalue weighted by Crippen LogP contribution is 2.50. The lowest BCUT2D eigenvalue weighted by atomic mass is 9.92. The Morgan fingerprint density at radius 3 is 1.88 bits per heavy atom. The Balaban J connectivity index is 1.90. The lowest BCUT2D eigenvalue weighted by Gasteiger charge is -2.33. The summed E-state index contributed by atoms with van der Waals surface area (Å²) in [5.41, 5.74) is -3.66. The predicted octanol–water partition coefficient (Wildman–Crippen LogP) is 5.28. The number of rotatable bonds is 2. The van der Waals surface area contributed by atoms with E-state index in [9.17, 15) is 31.4 Å². The van der Waals surface area contributed by atoms with Crippen molar-refractivity contribution < 1.29 is 31.4 Å². The standard InChI is InChI=1S/C17H12BrF6NO/c18-13-4-1-10-8-25(9-11(10)7-13)14-5-2-12(3-6-14)15(26,16(19,20)21)17(22,23)24/h1-7,26H,8-9H2. The molecule has 2 aromatic carbocycles. The average molecular weight is 440 g/mol. The van der Waals surface area contributed by atoms with Crippen LogP contribution in [0, 0.1) is 0 Å². The summed E-state index contributed by atoms with van der Waals surface area (Å²) in [6.07, 6.45) is -11.8. The van der Waals surface area contributed by atoms with Crippen LogP contribution in [0.1, 0.15) is 16.7 Å². The van der Waals surface area contributed by atoms with Gasteiger partial charge < -0.3 is 10.0 Å². The second-order valence-corrected chi connectivity index (χ2v) is 6.94. The van der Waals surface area contributed by atoms with Gasteiger partial charge in [0.15, 0.2) is 0 Å². The highest BCUT2D eigenvalue weighted by molar-refractivity contribution is 9.10. The van der Waals surface area contributed by atoms with Gasteiger partial charge >= 0.3 is 12.4 Å². The molecular formula is C17H12BrF6NO. The van der Waals surface area contributed by atoms with E-state index >= 15 is 0 Å². The number of alkyl halides is 6. The maximum Gasteiger partial charge on any atom is 0.430 e. The molecule has 2 nitrogen and oxygen atoms in total.